The van der Waals surface area contributed by atoms with Gasteiger partial charge in [-0.1, -0.05) is 35.3 Å². The molecule has 3 rings (SSSR count). The topological polar surface area (TPSA) is 43.1 Å². The van der Waals surface area contributed by atoms with E-state index in [0.717, 1.165) is 10.1 Å². The Morgan fingerprint density at radius 3 is 2.50 bits per heavy atom. The molecule has 3 aromatic rings. The van der Waals surface area contributed by atoms with Crippen molar-refractivity contribution in [2.75, 3.05) is 5.73 Å². The van der Waals surface area contributed by atoms with Crippen LogP contribution in [0.3, 0.4) is 0 Å². The average Bonchev–Trinajstić information content (AvgIpc) is 2.91. The lowest BCUT2D eigenvalue weighted by atomic mass is 10.0. The lowest BCUT2D eigenvalue weighted by Gasteiger charge is -2.07. The maximum atomic E-state index is 12.6. The van der Waals surface area contributed by atoms with Crippen LogP contribution in [0.25, 0.3) is 10.1 Å². The Bertz CT molecular complexity index is 803. The molecule has 100 valence electrons. The number of rotatable bonds is 2. The second-order valence-electron chi connectivity index (χ2n) is 4.33. The highest BCUT2D eigenvalue weighted by atomic mass is 35.5. The molecule has 0 atom stereocenters. The number of nitrogens with two attached hydrogens (primary N) is 1. The van der Waals surface area contributed by atoms with E-state index in [-0.39, 0.29) is 5.78 Å². The minimum atomic E-state index is -0.109. The van der Waals surface area contributed by atoms with Gasteiger partial charge in [0.1, 0.15) is 0 Å². The molecule has 0 fully saturated rings. The van der Waals surface area contributed by atoms with Crippen molar-refractivity contribution in [1.82, 2.24) is 0 Å². The van der Waals surface area contributed by atoms with Crippen molar-refractivity contribution in [3.05, 3.63) is 63.0 Å². The minimum absolute atomic E-state index is 0.109. The highest BCUT2D eigenvalue weighted by Gasteiger charge is 2.16. The number of fused-ring (bicyclic) bond motifs is 1. The first-order valence-corrected chi connectivity index (χ1v) is 7.47. The molecular weight excluding hydrogens is 313 g/mol. The number of nitrogen functional groups attached to an aromatic ring is 1. The number of anilines is 1. The molecule has 20 heavy (non-hydrogen) atoms. The molecule has 0 aliphatic heterocycles. The summed E-state index contributed by atoms with van der Waals surface area (Å²) < 4.78 is 0.960. The van der Waals surface area contributed by atoms with E-state index in [4.69, 9.17) is 28.9 Å². The molecule has 5 heteroatoms. The highest BCUT2D eigenvalue weighted by molar-refractivity contribution is 7.17. The van der Waals surface area contributed by atoms with Gasteiger partial charge in [-0.15, -0.1) is 11.3 Å². The molecule has 0 saturated carbocycles. The number of hydrogen-bond acceptors (Lipinski definition) is 3. The van der Waals surface area contributed by atoms with E-state index in [0.29, 0.717) is 26.9 Å². The molecule has 0 amide bonds. The first-order chi connectivity index (χ1) is 9.58. The van der Waals surface area contributed by atoms with Crippen molar-refractivity contribution in [2.24, 2.45) is 0 Å². The third-order valence-corrected chi connectivity index (χ3v) is 4.65. The lowest BCUT2D eigenvalue weighted by molar-refractivity contribution is 0.104. The molecule has 0 aliphatic carbocycles. The second kappa shape index (κ2) is 5.09. The third-order valence-electron chi connectivity index (χ3n) is 3.06. The number of halogens is 2. The fourth-order valence-electron chi connectivity index (χ4n) is 2.04. The van der Waals surface area contributed by atoms with Gasteiger partial charge in [0.25, 0.3) is 0 Å². The van der Waals surface area contributed by atoms with Crippen molar-refractivity contribution in [3.8, 4) is 0 Å². The number of carbonyl (C=O) groups is 1. The van der Waals surface area contributed by atoms with Crippen molar-refractivity contribution in [1.29, 1.82) is 0 Å². The number of hydrogen-bond donors (Lipinski definition) is 1. The molecule has 2 nitrogen and oxygen atoms in total. The number of benzene rings is 2. The van der Waals surface area contributed by atoms with Gasteiger partial charge in [0.2, 0.25) is 0 Å². The largest absolute Gasteiger partial charge is 0.396 e. The van der Waals surface area contributed by atoms with Crippen LogP contribution in [-0.2, 0) is 0 Å². The van der Waals surface area contributed by atoms with Gasteiger partial charge in [0.15, 0.2) is 5.78 Å². The van der Waals surface area contributed by atoms with Gasteiger partial charge >= 0.3 is 0 Å². The Morgan fingerprint density at radius 1 is 1.10 bits per heavy atom. The summed E-state index contributed by atoms with van der Waals surface area (Å²) in [6.07, 6.45) is 0. The molecule has 0 unspecified atom stereocenters. The number of ketones is 1. The van der Waals surface area contributed by atoms with Crippen LogP contribution < -0.4 is 5.73 Å². The molecule has 1 heterocycles. The van der Waals surface area contributed by atoms with E-state index in [1.165, 1.54) is 11.3 Å². The van der Waals surface area contributed by atoms with Crippen LogP contribution >= 0.6 is 34.5 Å². The van der Waals surface area contributed by atoms with Gasteiger partial charge in [-0.05, 0) is 35.0 Å². The van der Waals surface area contributed by atoms with Crippen molar-refractivity contribution in [2.45, 2.75) is 0 Å². The summed E-state index contributed by atoms with van der Waals surface area (Å²) >= 11 is 13.5. The van der Waals surface area contributed by atoms with Crippen molar-refractivity contribution < 1.29 is 4.79 Å². The van der Waals surface area contributed by atoms with Gasteiger partial charge in [-0.2, -0.15) is 0 Å². The van der Waals surface area contributed by atoms with E-state index in [1.807, 2.05) is 23.6 Å². The predicted molar refractivity (Wildman–Crippen MR) is 86.1 cm³/mol. The Labute approximate surface area is 129 Å². The monoisotopic (exact) mass is 321 g/mol. The maximum absolute atomic E-state index is 12.6. The summed E-state index contributed by atoms with van der Waals surface area (Å²) in [4.78, 5) is 12.6. The zero-order chi connectivity index (χ0) is 14.3. The molecule has 0 spiro atoms. The summed E-state index contributed by atoms with van der Waals surface area (Å²) in [5, 5.41) is 3.59. The van der Waals surface area contributed by atoms with Crippen LogP contribution in [0.15, 0.2) is 41.8 Å². The van der Waals surface area contributed by atoms with Gasteiger partial charge in [0, 0.05) is 15.8 Å². The quantitative estimate of drug-likeness (QED) is 0.532. The highest BCUT2D eigenvalue weighted by Crippen LogP contribution is 2.32. The fourth-order valence-corrected chi connectivity index (χ4v) is 3.44. The second-order valence-corrected chi connectivity index (χ2v) is 6.06. The van der Waals surface area contributed by atoms with Gasteiger partial charge < -0.3 is 5.73 Å². The summed E-state index contributed by atoms with van der Waals surface area (Å²) in [6, 6.07) is 10.7. The zero-order valence-corrected chi connectivity index (χ0v) is 12.5. The molecule has 0 saturated heterocycles. The lowest BCUT2D eigenvalue weighted by Crippen LogP contribution is -2.02. The van der Waals surface area contributed by atoms with Crippen LogP contribution in [0.5, 0.6) is 0 Å². The van der Waals surface area contributed by atoms with E-state index in [1.54, 1.807) is 18.2 Å². The van der Waals surface area contributed by atoms with E-state index in [9.17, 15) is 4.79 Å². The van der Waals surface area contributed by atoms with Crippen molar-refractivity contribution >= 4 is 56.1 Å². The Morgan fingerprint density at radius 2 is 1.80 bits per heavy atom. The van der Waals surface area contributed by atoms with E-state index in [2.05, 4.69) is 0 Å². The van der Waals surface area contributed by atoms with Gasteiger partial charge in [0.05, 0.1) is 15.7 Å². The Balaban J connectivity index is 2.16. The molecule has 0 aliphatic rings. The molecule has 1 aromatic heterocycles. The standard InChI is InChI=1S/C15H9Cl2NOS/c16-11-6-9(7-12(17)13(11)18)14(19)10-3-1-2-8-4-5-20-15(8)10/h1-7H,18H2. The number of thiophene rings is 1. The average molecular weight is 322 g/mol. The molecular formula is C15H9Cl2NOS. The third kappa shape index (κ3) is 2.18. The van der Waals surface area contributed by atoms with Crippen LogP contribution in [-0.4, -0.2) is 5.78 Å². The smallest absolute Gasteiger partial charge is 0.194 e. The first kappa shape index (κ1) is 13.4. The minimum Gasteiger partial charge on any atom is -0.396 e. The van der Waals surface area contributed by atoms with Crippen molar-refractivity contribution in [3.63, 3.8) is 0 Å². The SMILES string of the molecule is Nc1c(Cl)cc(C(=O)c2cccc3ccsc23)cc1Cl. The summed E-state index contributed by atoms with van der Waals surface area (Å²) in [7, 11) is 0. The normalized spacial score (nSPS) is 10.9. The zero-order valence-electron chi connectivity index (χ0n) is 10.2. The van der Waals surface area contributed by atoms with Crippen LogP contribution in [0.2, 0.25) is 10.0 Å². The van der Waals surface area contributed by atoms with E-state index < -0.39 is 0 Å². The van der Waals surface area contributed by atoms with E-state index >= 15 is 0 Å². The molecule has 0 bridgehead atoms. The van der Waals surface area contributed by atoms with Crippen LogP contribution in [0.1, 0.15) is 15.9 Å². The summed E-state index contributed by atoms with van der Waals surface area (Å²) in [5.74, 6) is -0.109. The fraction of sp³-hybridized carbons (Fsp3) is 0. The first-order valence-electron chi connectivity index (χ1n) is 5.83. The molecule has 0 radical (unpaired) electrons. The predicted octanol–water partition coefficient (Wildman–Crippen LogP) is 5.02. The molecule has 2 N–H and O–H groups in total. The van der Waals surface area contributed by atoms with Crippen LogP contribution in [0.4, 0.5) is 5.69 Å². The molecule has 2 aromatic carbocycles. The maximum Gasteiger partial charge on any atom is 0.194 e. The summed E-state index contributed by atoms with van der Waals surface area (Å²) in [5.41, 5.74) is 7.07. The Kier molecular flexibility index (Phi) is 3.42. The van der Waals surface area contributed by atoms with Gasteiger partial charge in [-0.3, -0.25) is 4.79 Å². The van der Waals surface area contributed by atoms with Gasteiger partial charge in [-0.25, -0.2) is 0 Å². The summed E-state index contributed by atoms with van der Waals surface area (Å²) in [6.45, 7) is 0. The van der Waals surface area contributed by atoms with Crippen LogP contribution in [0, 0.1) is 0 Å². The number of carbonyl (C=O) groups excluding carboxylic acids is 1. The Hall–Kier alpha value is -1.55.